The van der Waals surface area contributed by atoms with Crippen LogP contribution in [0.3, 0.4) is 0 Å². The van der Waals surface area contributed by atoms with Crippen LogP contribution < -0.4 is 11.2 Å². The molecule has 0 radical (unpaired) electrons. The van der Waals surface area contributed by atoms with Gasteiger partial charge in [-0.15, -0.1) is 0 Å². The van der Waals surface area contributed by atoms with E-state index in [0.717, 1.165) is 19.6 Å². The molecule has 112 valence electrons. The maximum absolute atomic E-state index is 12.5. The summed E-state index contributed by atoms with van der Waals surface area (Å²) in [5.41, 5.74) is -1.44. The Bertz CT molecular complexity index is 729. The zero-order valence-electron chi connectivity index (χ0n) is 11.3. The third-order valence-electron chi connectivity index (χ3n) is 3.28. The molecule has 0 atom stereocenters. The number of rotatable bonds is 5. The van der Waals surface area contributed by atoms with Gasteiger partial charge in [0, 0.05) is 32.9 Å². The van der Waals surface area contributed by atoms with Crippen molar-refractivity contribution in [3.63, 3.8) is 0 Å². The lowest BCUT2D eigenvalue weighted by Crippen LogP contribution is -2.44. The summed E-state index contributed by atoms with van der Waals surface area (Å²) in [4.78, 5) is 23.2. The average Bonchev–Trinajstić information content (AvgIpc) is 3.21. The summed E-state index contributed by atoms with van der Waals surface area (Å²) < 4.78 is 28.0. The smallest absolute Gasteiger partial charge is 0.330 e. The second-order valence-corrected chi connectivity index (χ2v) is 6.68. The highest BCUT2D eigenvalue weighted by Gasteiger charge is 2.39. The summed E-state index contributed by atoms with van der Waals surface area (Å²) in [7, 11) is -1.40. The van der Waals surface area contributed by atoms with Gasteiger partial charge in [0.05, 0.1) is 6.61 Å². The van der Waals surface area contributed by atoms with Crippen LogP contribution in [0.2, 0.25) is 0 Å². The molecule has 20 heavy (non-hydrogen) atoms. The molecule has 1 aliphatic carbocycles. The maximum atomic E-state index is 12.5. The molecule has 0 saturated heterocycles. The molecule has 0 unspecified atom stereocenters. The van der Waals surface area contributed by atoms with E-state index in [4.69, 9.17) is 5.11 Å². The van der Waals surface area contributed by atoms with Gasteiger partial charge in [-0.3, -0.25) is 9.36 Å². The van der Waals surface area contributed by atoms with Crippen LogP contribution >= 0.6 is 0 Å². The van der Waals surface area contributed by atoms with Crippen LogP contribution in [0.1, 0.15) is 12.8 Å². The zero-order chi connectivity index (χ0) is 15.1. The van der Waals surface area contributed by atoms with E-state index in [1.165, 1.54) is 14.1 Å². The highest BCUT2D eigenvalue weighted by molar-refractivity contribution is 7.89. The highest BCUT2D eigenvalue weighted by Crippen LogP contribution is 2.30. The fraction of sp³-hybridized carbons (Fsp3) is 0.636. The first kappa shape index (κ1) is 14.9. The minimum atomic E-state index is -4.01. The molecule has 0 spiro atoms. The molecular formula is C11H17N3O5S. The molecule has 2 rings (SSSR count). The van der Waals surface area contributed by atoms with Gasteiger partial charge >= 0.3 is 5.69 Å². The molecule has 1 N–H and O–H groups in total. The predicted molar refractivity (Wildman–Crippen MR) is 70.9 cm³/mol. The highest BCUT2D eigenvalue weighted by atomic mass is 32.2. The number of aromatic nitrogens is 2. The van der Waals surface area contributed by atoms with Crippen molar-refractivity contribution in [2.24, 2.45) is 14.1 Å². The van der Waals surface area contributed by atoms with Crippen LogP contribution in [0.15, 0.2) is 20.7 Å². The van der Waals surface area contributed by atoms with Crippen molar-refractivity contribution in [2.45, 2.75) is 23.8 Å². The minimum Gasteiger partial charge on any atom is -0.395 e. The Hall–Kier alpha value is -1.45. The number of nitrogens with zero attached hydrogens (tertiary/aromatic N) is 3. The molecule has 1 saturated carbocycles. The number of aliphatic hydroxyl groups excluding tert-OH is 1. The second kappa shape index (κ2) is 5.15. The van der Waals surface area contributed by atoms with Gasteiger partial charge in [-0.05, 0) is 12.8 Å². The first-order valence-electron chi connectivity index (χ1n) is 6.20. The maximum Gasteiger partial charge on any atom is 0.330 e. The molecule has 1 fully saturated rings. The van der Waals surface area contributed by atoms with Crippen LogP contribution in [-0.2, 0) is 24.1 Å². The summed E-state index contributed by atoms with van der Waals surface area (Å²) in [6, 6.07) is -0.172. The van der Waals surface area contributed by atoms with Crippen LogP contribution in [0.4, 0.5) is 0 Å². The van der Waals surface area contributed by atoms with Gasteiger partial charge in [0.2, 0.25) is 10.0 Å². The zero-order valence-corrected chi connectivity index (χ0v) is 12.1. The van der Waals surface area contributed by atoms with Gasteiger partial charge in [-0.2, -0.15) is 4.31 Å². The van der Waals surface area contributed by atoms with E-state index in [1.807, 2.05) is 0 Å². The lowest BCUT2D eigenvalue weighted by Gasteiger charge is -2.20. The van der Waals surface area contributed by atoms with Crippen LogP contribution in [0.5, 0.6) is 0 Å². The summed E-state index contributed by atoms with van der Waals surface area (Å²) in [5, 5.41) is 9.00. The lowest BCUT2D eigenvalue weighted by molar-refractivity contribution is 0.250. The van der Waals surface area contributed by atoms with E-state index in [1.54, 1.807) is 0 Å². The quantitative estimate of drug-likeness (QED) is 0.693. The molecule has 0 aliphatic heterocycles. The van der Waals surface area contributed by atoms with E-state index in [-0.39, 0.29) is 19.2 Å². The van der Waals surface area contributed by atoms with Gasteiger partial charge in [0.15, 0.2) is 4.90 Å². The fourth-order valence-corrected chi connectivity index (χ4v) is 3.87. The number of hydrogen-bond donors (Lipinski definition) is 1. The molecule has 1 aromatic heterocycles. The fourth-order valence-electron chi connectivity index (χ4n) is 2.04. The summed E-state index contributed by atoms with van der Waals surface area (Å²) >= 11 is 0. The van der Waals surface area contributed by atoms with E-state index in [9.17, 15) is 18.0 Å². The van der Waals surface area contributed by atoms with Gasteiger partial charge in [-0.25, -0.2) is 13.2 Å². The number of sulfonamides is 1. The van der Waals surface area contributed by atoms with Crippen molar-refractivity contribution in [1.29, 1.82) is 0 Å². The van der Waals surface area contributed by atoms with E-state index in [2.05, 4.69) is 0 Å². The Labute approximate surface area is 115 Å². The van der Waals surface area contributed by atoms with Gasteiger partial charge in [0.1, 0.15) is 0 Å². The van der Waals surface area contributed by atoms with E-state index in [0.29, 0.717) is 12.8 Å². The molecule has 8 nitrogen and oxygen atoms in total. The Morgan fingerprint density at radius 1 is 1.35 bits per heavy atom. The van der Waals surface area contributed by atoms with Crippen molar-refractivity contribution in [3.05, 3.63) is 27.0 Å². The summed E-state index contributed by atoms with van der Waals surface area (Å²) in [6.45, 7) is -0.374. The van der Waals surface area contributed by atoms with Crippen molar-refractivity contribution in [3.8, 4) is 0 Å². The average molecular weight is 303 g/mol. The molecule has 0 aromatic carbocycles. The molecule has 0 amide bonds. The molecule has 9 heteroatoms. The molecule has 1 aliphatic rings. The minimum absolute atomic E-state index is 0.0566. The van der Waals surface area contributed by atoms with Crippen molar-refractivity contribution in [2.75, 3.05) is 13.2 Å². The largest absolute Gasteiger partial charge is 0.395 e. The predicted octanol–water partition coefficient (Wildman–Crippen LogP) is -1.77. The van der Waals surface area contributed by atoms with Crippen molar-refractivity contribution < 1.29 is 13.5 Å². The van der Waals surface area contributed by atoms with E-state index < -0.39 is 26.2 Å². The summed E-state index contributed by atoms with van der Waals surface area (Å²) in [6.07, 6.45) is 2.46. The third-order valence-corrected chi connectivity index (χ3v) is 5.21. The third kappa shape index (κ3) is 2.43. The normalized spacial score (nSPS) is 15.8. The standard InChI is InChI=1S/C11H17N3O5S/c1-12-7-9(10(16)13(2)11(12)17)20(18,19)14(5-6-15)8-3-4-8/h7-8,15H,3-6H2,1-2H3. The topological polar surface area (TPSA) is 102 Å². The SMILES string of the molecule is Cn1cc(S(=O)(=O)N(CCO)C2CC2)c(=O)n(C)c1=O. The Balaban J connectivity index is 2.60. The molecule has 0 bridgehead atoms. The Kier molecular flexibility index (Phi) is 3.85. The number of hydrogen-bond acceptors (Lipinski definition) is 5. The first-order valence-corrected chi connectivity index (χ1v) is 7.64. The van der Waals surface area contributed by atoms with E-state index >= 15 is 0 Å². The molecule has 1 aromatic rings. The molecular weight excluding hydrogens is 286 g/mol. The van der Waals surface area contributed by atoms with Gasteiger partial charge < -0.3 is 9.67 Å². The van der Waals surface area contributed by atoms with Crippen LogP contribution in [0, 0.1) is 0 Å². The molecule has 1 heterocycles. The van der Waals surface area contributed by atoms with Crippen LogP contribution in [-0.4, -0.2) is 46.2 Å². The van der Waals surface area contributed by atoms with Gasteiger partial charge in [0.25, 0.3) is 5.56 Å². The Morgan fingerprint density at radius 2 is 1.95 bits per heavy atom. The lowest BCUT2D eigenvalue weighted by atomic mass is 10.6. The number of aryl methyl sites for hydroxylation is 1. The second-order valence-electron chi connectivity index (χ2n) is 4.82. The monoisotopic (exact) mass is 303 g/mol. The van der Waals surface area contributed by atoms with Gasteiger partial charge in [-0.1, -0.05) is 0 Å². The first-order chi connectivity index (χ1) is 9.30. The Morgan fingerprint density at radius 3 is 2.45 bits per heavy atom. The van der Waals surface area contributed by atoms with Crippen molar-refractivity contribution >= 4 is 10.0 Å². The van der Waals surface area contributed by atoms with Crippen molar-refractivity contribution in [1.82, 2.24) is 13.4 Å². The summed E-state index contributed by atoms with van der Waals surface area (Å²) in [5.74, 6) is 0. The van der Waals surface area contributed by atoms with Crippen LogP contribution in [0.25, 0.3) is 0 Å². The number of aliphatic hydroxyl groups is 1.